The summed E-state index contributed by atoms with van der Waals surface area (Å²) in [5.74, 6) is 0.324. The normalized spacial score (nSPS) is 10.1. The Morgan fingerprint density at radius 1 is 1.24 bits per heavy atom. The molecule has 21 heavy (non-hydrogen) atoms. The number of hydrogen-bond acceptors (Lipinski definition) is 5. The van der Waals surface area contributed by atoms with Crippen LogP contribution in [0.5, 0.6) is 5.75 Å². The summed E-state index contributed by atoms with van der Waals surface area (Å²) in [6.45, 7) is 2.33. The number of nitrogens with two attached hydrogens (primary N) is 1. The predicted octanol–water partition coefficient (Wildman–Crippen LogP) is 2.48. The maximum atomic E-state index is 11.6. The van der Waals surface area contributed by atoms with E-state index in [4.69, 9.17) is 15.2 Å². The number of nitrogens with zero attached hydrogens (tertiary/aromatic N) is 1. The molecule has 5 nitrogen and oxygen atoms in total. The van der Waals surface area contributed by atoms with E-state index in [9.17, 15) is 4.79 Å². The lowest BCUT2D eigenvalue weighted by Crippen LogP contribution is -2.10. The molecule has 0 saturated carbocycles. The lowest BCUT2D eigenvalue weighted by molar-refractivity contribution is -0.145. The van der Waals surface area contributed by atoms with Crippen molar-refractivity contribution in [3.63, 3.8) is 0 Å². The summed E-state index contributed by atoms with van der Waals surface area (Å²) in [5, 5.41) is 0. The number of nitrogen functional groups attached to an aromatic ring is 1. The average Bonchev–Trinajstić information content (AvgIpc) is 2.45. The first-order chi connectivity index (χ1) is 10.1. The van der Waals surface area contributed by atoms with Gasteiger partial charge in [-0.2, -0.15) is 0 Å². The molecule has 2 rings (SSSR count). The number of aromatic nitrogens is 1. The lowest BCUT2D eigenvalue weighted by atomic mass is 10.3. The van der Waals surface area contributed by atoms with Crippen molar-refractivity contribution >= 4 is 11.7 Å². The number of ether oxygens (including phenoxy) is 2. The van der Waals surface area contributed by atoms with Crippen LogP contribution in [0.15, 0.2) is 42.5 Å². The Hall–Kier alpha value is -2.56. The minimum atomic E-state index is -0.317. The third kappa shape index (κ3) is 5.14. The third-order valence-electron chi connectivity index (χ3n) is 2.76. The van der Waals surface area contributed by atoms with Gasteiger partial charge in [-0.15, -0.1) is 0 Å². The fraction of sp³-hybridized carbons (Fsp3) is 0.250. The van der Waals surface area contributed by atoms with E-state index in [1.54, 1.807) is 24.3 Å². The lowest BCUT2D eigenvalue weighted by Gasteiger charge is -2.07. The van der Waals surface area contributed by atoms with Gasteiger partial charge in [-0.25, -0.2) is 0 Å². The Kier molecular flexibility index (Phi) is 5.15. The molecular weight excluding hydrogens is 268 g/mol. The minimum Gasteiger partial charge on any atom is -0.493 e. The summed E-state index contributed by atoms with van der Waals surface area (Å²) in [4.78, 5) is 15.9. The van der Waals surface area contributed by atoms with Gasteiger partial charge >= 0.3 is 5.97 Å². The van der Waals surface area contributed by atoms with Crippen LogP contribution in [0, 0.1) is 6.92 Å². The summed E-state index contributed by atoms with van der Waals surface area (Å²) >= 11 is 0. The minimum absolute atomic E-state index is 0.179. The molecule has 0 atom stereocenters. The van der Waals surface area contributed by atoms with Crippen molar-refractivity contribution in [3.8, 4) is 5.75 Å². The molecule has 1 aromatic carbocycles. The molecule has 2 aromatic rings. The topological polar surface area (TPSA) is 74.4 Å². The van der Waals surface area contributed by atoms with Crippen LogP contribution in [0.2, 0.25) is 0 Å². The van der Waals surface area contributed by atoms with E-state index in [1.165, 1.54) is 0 Å². The molecule has 0 unspecified atom stereocenters. The zero-order valence-electron chi connectivity index (χ0n) is 11.9. The highest BCUT2D eigenvalue weighted by Gasteiger charge is 2.05. The van der Waals surface area contributed by atoms with Gasteiger partial charge in [0.05, 0.1) is 18.7 Å². The summed E-state index contributed by atoms with van der Waals surface area (Å²) < 4.78 is 10.6. The third-order valence-corrected chi connectivity index (χ3v) is 2.76. The van der Waals surface area contributed by atoms with Crippen LogP contribution >= 0.6 is 0 Å². The summed E-state index contributed by atoms with van der Waals surface area (Å²) in [6, 6.07) is 12.7. The molecule has 0 radical (unpaired) electrons. The standard InChI is InChI=1S/C16H18N2O3/c1-12-4-2-6-14(18-12)11-21-16(19)8-9-20-15-7-3-5-13(17)10-15/h2-7,10H,8-9,11,17H2,1H3. The molecule has 0 amide bonds. The number of aryl methyl sites for hydroxylation is 1. The maximum Gasteiger partial charge on any atom is 0.309 e. The van der Waals surface area contributed by atoms with Gasteiger partial charge in [-0.1, -0.05) is 12.1 Å². The highest BCUT2D eigenvalue weighted by atomic mass is 16.5. The van der Waals surface area contributed by atoms with E-state index < -0.39 is 0 Å². The summed E-state index contributed by atoms with van der Waals surface area (Å²) in [7, 11) is 0. The Bertz CT molecular complexity index is 614. The first-order valence-electron chi connectivity index (χ1n) is 6.70. The van der Waals surface area contributed by atoms with Crippen molar-refractivity contribution in [2.24, 2.45) is 0 Å². The van der Waals surface area contributed by atoms with Gasteiger partial charge in [0.2, 0.25) is 0 Å². The fourth-order valence-electron chi connectivity index (χ4n) is 1.76. The first kappa shape index (κ1) is 14.8. The van der Waals surface area contributed by atoms with E-state index in [0.717, 1.165) is 11.4 Å². The van der Waals surface area contributed by atoms with Crippen LogP contribution in [0.25, 0.3) is 0 Å². The molecular formula is C16H18N2O3. The first-order valence-corrected chi connectivity index (χ1v) is 6.70. The number of carbonyl (C=O) groups excluding carboxylic acids is 1. The zero-order valence-corrected chi connectivity index (χ0v) is 11.9. The largest absolute Gasteiger partial charge is 0.493 e. The van der Waals surface area contributed by atoms with Crippen molar-refractivity contribution in [2.45, 2.75) is 20.0 Å². The molecule has 0 aliphatic carbocycles. The van der Waals surface area contributed by atoms with Crippen LogP contribution < -0.4 is 10.5 Å². The number of hydrogen-bond donors (Lipinski definition) is 1. The number of rotatable bonds is 6. The fourth-order valence-corrected chi connectivity index (χ4v) is 1.76. The molecule has 0 aliphatic rings. The van der Waals surface area contributed by atoms with E-state index in [1.807, 2.05) is 25.1 Å². The quantitative estimate of drug-likeness (QED) is 0.652. The maximum absolute atomic E-state index is 11.6. The van der Waals surface area contributed by atoms with Gasteiger partial charge in [0.1, 0.15) is 12.4 Å². The monoisotopic (exact) mass is 286 g/mol. The van der Waals surface area contributed by atoms with Crippen LogP contribution in [0.1, 0.15) is 17.8 Å². The molecule has 2 N–H and O–H groups in total. The number of benzene rings is 1. The van der Waals surface area contributed by atoms with E-state index in [2.05, 4.69) is 4.98 Å². The van der Waals surface area contributed by atoms with Gasteiger partial charge in [0, 0.05) is 17.4 Å². The van der Waals surface area contributed by atoms with Gasteiger partial charge in [0.25, 0.3) is 0 Å². The van der Waals surface area contributed by atoms with Gasteiger partial charge in [-0.05, 0) is 31.2 Å². The highest BCUT2D eigenvalue weighted by molar-refractivity contribution is 5.69. The Balaban J connectivity index is 1.70. The van der Waals surface area contributed by atoms with Crippen LogP contribution in [0.3, 0.4) is 0 Å². The van der Waals surface area contributed by atoms with Crippen molar-refractivity contribution in [1.82, 2.24) is 4.98 Å². The second kappa shape index (κ2) is 7.28. The number of esters is 1. The van der Waals surface area contributed by atoms with Crippen molar-refractivity contribution < 1.29 is 14.3 Å². The van der Waals surface area contributed by atoms with Crippen LogP contribution in [-0.4, -0.2) is 17.6 Å². The van der Waals surface area contributed by atoms with E-state index in [-0.39, 0.29) is 25.6 Å². The Morgan fingerprint density at radius 3 is 2.81 bits per heavy atom. The van der Waals surface area contributed by atoms with Gasteiger partial charge in [-0.3, -0.25) is 9.78 Å². The molecule has 0 saturated heterocycles. The van der Waals surface area contributed by atoms with Crippen molar-refractivity contribution in [2.75, 3.05) is 12.3 Å². The SMILES string of the molecule is Cc1cccc(COC(=O)CCOc2cccc(N)c2)n1. The van der Waals surface area contributed by atoms with E-state index in [0.29, 0.717) is 11.4 Å². The molecule has 0 bridgehead atoms. The zero-order chi connectivity index (χ0) is 15.1. The molecule has 0 spiro atoms. The van der Waals surface area contributed by atoms with E-state index >= 15 is 0 Å². The predicted molar refractivity (Wildman–Crippen MR) is 79.7 cm³/mol. The van der Waals surface area contributed by atoms with Crippen LogP contribution in [-0.2, 0) is 16.1 Å². The highest BCUT2D eigenvalue weighted by Crippen LogP contribution is 2.14. The number of anilines is 1. The summed E-state index contributed by atoms with van der Waals surface area (Å²) in [6.07, 6.45) is 0.181. The Morgan fingerprint density at radius 2 is 2.05 bits per heavy atom. The summed E-state index contributed by atoms with van der Waals surface area (Å²) in [5.41, 5.74) is 7.89. The second-order valence-electron chi connectivity index (χ2n) is 4.60. The molecule has 5 heteroatoms. The number of carbonyl (C=O) groups is 1. The second-order valence-corrected chi connectivity index (χ2v) is 4.60. The Labute approximate surface area is 123 Å². The van der Waals surface area contributed by atoms with Crippen molar-refractivity contribution in [1.29, 1.82) is 0 Å². The van der Waals surface area contributed by atoms with Gasteiger partial charge in [0.15, 0.2) is 0 Å². The van der Waals surface area contributed by atoms with Crippen LogP contribution in [0.4, 0.5) is 5.69 Å². The molecule has 1 heterocycles. The smallest absolute Gasteiger partial charge is 0.309 e. The molecule has 1 aromatic heterocycles. The number of pyridine rings is 1. The van der Waals surface area contributed by atoms with Crippen molar-refractivity contribution in [3.05, 3.63) is 53.9 Å². The molecule has 0 aliphatic heterocycles. The average molecular weight is 286 g/mol. The van der Waals surface area contributed by atoms with Gasteiger partial charge < -0.3 is 15.2 Å². The molecule has 0 fully saturated rings. The molecule has 110 valence electrons.